The van der Waals surface area contributed by atoms with E-state index in [0.29, 0.717) is 6.29 Å². The van der Waals surface area contributed by atoms with Crippen molar-refractivity contribution in [3.05, 3.63) is 51.8 Å². The van der Waals surface area contributed by atoms with Crippen LogP contribution >= 0.6 is 0 Å². The lowest BCUT2D eigenvalue weighted by molar-refractivity contribution is -0.384. The van der Waals surface area contributed by atoms with Crippen LogP contribution in [0, 0.1) is 10.1 Å². The monoisotopic (exact) mass is 275 g/mol. The second-order valence-corrected chi connectivity index (χ2v) is 3.80. The summed E-state index contributed by atoms with van der Waals surface area (Å²) >= 11 is 0. The van der Waals surface area contributed by atoms with Gasteiger partial charge in [0.1, 0.15) is 5.76 Å². The summed E-state index contributed by atoms with van der Waals surface area (Å²) in [5, 5.41) is 10.8. The molecule has 0 bridgehead atoms. The first-order valence-electron chi connectivity index (χ1n) is 5.49. The largest absolute Gasteiger partial charge is 0.465 e. The van der Waals surface area contributed by atoms with Crippen molar-refractivity contribution < 1.29 is 23.7 Å². The zero-order valence-corrected chi connectivity index (χ0v) is 10.4. The summed E-state index contributed by atoms with van der Waals surface area (Å²) in [6.45, 7) is 0. The summed E-state index contributed by atoms with van der Waals surface area (Å²) in [5.41, 5.74) is 0.112. The Morgan fingerprint density at radius 3 is 2.65 bits per heavy atom. The maximum absolute atomic E-state index is 11.7. The van der Waals surface area contributed by atoms with Crippen LogP contribution in [-0.2, 0) is 4.74 Å². The fourth-order valence-corrected chi connectivity index (χ4v) is 1.70. The van der Waals surface area contributed by atoms with Crippen LogP contribution in [0.15, 0.2) is 34.7 Å². The summed E-state index contributed by atoms with van der Waals surface area (Å²) in [4.78, 5) is 32.5. The molecule has 0 unspecified atom stereocenters. The molecule has 20 heavy (non-hydrogen) atoms. The van der Waals surface area contributed by atoms with Gasteiger partial charge in [0.15, 0.2) is 12.0 Å². The minimum absolute atomic E-state index is 0.0577. The summed E-state index contributed by atoms with van der Waals surface area (Å²) in [6, 6.07) is 6.53. The number of nitrogens with zero attached hydrogens (tertiary/aromatic N) is 1. The molecule has 0 aliphatic rings. The molecule has 1 aromatic heterocycles. The average molecular weight is 275 g/mol. The van der Waals surface area contributed by atoms with Gasteiger partial charge in [0.2, 0.25) is 0 Å². The van der Waals surface area contributed by atoms with Gasteiger partial charge in [-0.1, -0.05) is 0 Å². The Morgan fingerprint density at radius 2 is 2.10 bits per heavy atom. The Morgan fingerprint density at radius 1 is 1.35 bits per heavy atom. The van der Waals surface area contributed by atoms with Gasteiger partial charge in [0.05, 0.1) is 17.6 Å². The predicted molar refractivity (Wildman–Crippen MR) is 67.5 cm³/mol. The molecule has 102 valence electrons. The Balaban J connectivity index is 2.62. The van der Waals surface area contributed by atoms with Crippen LogP contribution in [-0.4, -0.2) is 24.3 Å². The number of rotatable bonds is 4. The van der Waals surface area contributed by atoms with Crippen molar-refractivity contribution in [2.24, 2.45) is 0 Å². The highest BCUT2D eigenvalue weighted by atomic mass is 16.6. The van der Waals surface area contributed by atoms with Crippen LogP contribution in [0.4, 0.5) is 5.69 Å². The molecule has 0 aliphatic heterocycles. The van der Waals surface area contributed by atoms with E-state index in [1.54, 1.807) is 0 Å². The van der Waals surface area contributed by atoms with E-state index in [1.165, 1.54) is 37.4 Å². The molecule has 0 spiro atoms. The smallest absolute Gasteiger partial charge is 0.338 e. The number of ether oxygens (including phenoxy) is 1. The molecule has 0 saturated carbocycles. The number of esters is 1. The lowest BCUT2D eigenvalue weighted by Gasteiger charge is -2.05. The molecule has 7 heteroatoms. The van der Waals surface area contributed by atoms with E-state index in [9.17, 15) is 19.7 Å². The third kappa shape index (κ3) is 2.41. The quantitative estimate of drug-likeness (QED) is 0.367. The fraction of sp³-hybridized carbons (Fsp3) is 0.0769. The fourth-order valence-electron chi connectivity index (χ4n) is 1.70. The van der Waals surface area contributed by atoms with E-state index in [4.69, 9.17) is 4.42 Å². The van der Waals surface area contributed by atoms with Gasteiger partial charge in [-0.05, 0) is 18.2 Å². The van der Waals surface area contributed by atoms with Gasteiger partial charge in [0.25, 0.3) is 5.69 Å². The second-order valence-electron chi connectivity index (χ2n) is 3.80. The predicted octanol–water partition coefficient (Wildman–Crippen LogP) is 2.45. The maximum Gasteiger partial charge on any atom is 0.338 e. The summed E-state index contributed by atoms with van der Waals surface area (Å²) in [6.07, 6.45) is 0.499. The third-order valence-corrected chi connectivity index (χ3v) is 2.63. The zero-order valence-electron chi connectivity index (χ0n) is 10.4. The SMILES string of the molecule is COC(=O)c1ccc([N+](=O)[O-])cc1-c1ccc(C=O)o1. The van der Waals surface area contributed by atoms with Gasteiger partial charge in [-0.3, -0.25) is 14.9 Å². The Kier molecular flexibility index (Phi) is 3.60. The molecule has 0 N–H and O–H groups in total. The molecule has 7 nitrogen and oxygen atoms in total. The number of benzene rings is 1. The normalized spacial score (nSPS) is 10.1. The highest BCUT2D eigenvalue weighted by Gasteiger charge is 2.19. The standard InChI is InChI=1S/C13H9NO6/c1-19-13(16)10-4-2-8(14(17)18)6-11(10)12-5-3-9(7-15)20-12/h2-7H,1H3. The number of nitro benzene ring substituents is 1. The minimum atomic E-state index is -0.654. The van der Waals surface area contributed by atoms with Gasteiger partial charge in [0, 0.05) is 17.7 Å². The lowest BCUT2D eigenvalue weighted by Crippen LogP contribution is -2.04. The number of non-ortho nitro benzene ring substituents is 1. The molecule has 0 aliphatic carbocycles. The summed E-state index contributed by atoms with van der Waals surface area (Å²) in [5.74, 6) is -0.419. The highest BCUT2D eigenvalue weighted by Crippen LogP contribution is 2.29. The molecule has 0 atom stereocenters. The van der Waals surface area contributed by atoms with Crippen LogP contribution in [0.2, 0.25) is 0 Å². The van der Waals surface area contributed by atoms with Gasteiger partial charge in [-0.25, -0.2) is 4.79 Å². The van der Waals surface area contributed by atoms with Crippen molar-refractivity contribution in [2.75, 3.05) is 7.11 Å². The zero-order chi connectivity index (χ0) is 14.7. The van der Waals surface area contributed by atoms with E-state index in [-0.39, 0.29) is 28.3 Å². The molecular weight excluding hydrogens is 266 g/mol. The molecule has 0 fully saturated rings. The Labute approximate surface area is 112 Å². The number of furan rings is 1. The van der Waals surface area contributed by atoms with Crippen molar-refractivity contribution in [2.45, 2.75) is 0 Å². The Hall–Kier alpha value is -2.96. The van der Waals surface area contributed by atoms with Crippen LogP contribution in [0.3, 0.4) is 0 Å². The number of carbonyl (C=O) groups excluding carboxylic acids is 2. The van der Waals surface area contributed by atoms with Crippen molar-refractivity contribution in [1.29, 1.82) is 0 Å². The van der Waals surface area contributed by atoms with Gasteiger partial charge < -0.3 is 9.15 Å². The van der Waals surface area contributed by atoms with Crippen molar-refractivity contribution in [3.8, 4) is 11.3 Å². The van der Waals surface area contributed by atoms with Crippen molar-refractivity contribution in [1.82, 2.24) is 0 Å². The number of carbonyl (C=O) groups is 2. The molecule has 1 aromatic carbocycles. The van der Waals surface area contributed by atoms with Crippen LogP contribution in [0.25, 0.3) is 11.3 Å². The minimum Gasteiger partial charge on any atom is -0.465 e. The molecule has 1 heterocycles. The molecule has 0 saturated heterocycles. The molecule has 2 rings (SSSR count). The number of hydrogen-bond acceptors (Lipinski definition) is 6. The Bertz CT molecular complexity index is 688. The summed E-state index contributed by atoms with van der Waals surface area (Å²) < 4.78 is 9.80. The topological polar surface area (TPSA) is 99.6 Å². The molecular formula is C13H9NO6. The van der Waals surface area contributed by atoms with Gasteiger partial charge >= 0.3 is 5.97 Å². The van der Waals surface area contributed by atoms with Gasteiger partial charge in [-0.15, -0.1) is 0 Å². The maximum atomic E-state index is 11.7. The van der Waals surface area contributed by atoms with Crippen molar-refractivity contribution in [3.63, 3.8) is 0 Å². The molecule has 2 aromatic rings. The number of nitro groups is 1. The molecule has 0 radical (unpaired) electrons. The van der Waals surface area contributed by atoms with E-state index >= 15 is 0 Å². The van der Waals surface area contributed by atoms with E-state index < -0.39 is 10.9 Å². The third-order valence-electron chi connectivity index (χ3n) is 2.63. The first kappa shape index (κ1) is 13.5. The van der Waals surface area contributed by atoms with Crippen LogP contribution in [0.5, 0.6) is 0 Å². The highest BCUT2D eigenvalue weighted by molar-refractivity contribution is 5.97. The first-order chi connectivity index (χ1) is 9.56. The van der Waals surface area contributed by atoms with E-state index in [0.717, 1.165) is 0 Å². The second kappa shape index (κ2) is 5.35. The van der Waals surface area contributed by atoms with E-state index in [2.05, 4.69) is 4.74 Å². The van der Waals surface area contributed by atoms with Crippen LogP contribution < -0.4 is 0 Å². The summed E-state index contributed by atoms with van der Waals surface area (Å²) in [7, 11) is 1.20. The molecule has 0 amide bonds. The van der Waals surface area contributed by atoms with Crippen LogP contribution in [0.1, 0.15) is 20.9 Å². The van der Waals surface area contributed by atoms with Crippen molar-refractivity contribution >= 4 is 17.9 Å². The number of aldehydes is 1. The average Bonchev–Trinajstić information content (AvgIpc) is 2.94. The number of hydrogen-bond donors (Lipinski definition) is 0. The lowest BCUT2D eigenvalue weighted by atomic mass is 10.0. The number of methoxy groups -OCH3 is 1. The first-order valence-corrected chi connectivity index (χ1v) is 5.49. The van der Waals surface area contributed by atoms with E-state index in [1.807, 2.05) is 0 Å². The van der Waals surface area contributed by atoms with Gasteiger partial charge in [-0.2, -0.15) is 0 Å².